The fraction of sp³-hybridized carbons (Fsp3) is 0.364. The molecule has 0 saturated heterocycles. The predicted octanol–water partition coefficient (Wildman–Crippen LogP) is 2.71. The van der Waals surface area contributed by atoms with Crippen LogP contribution in [0.3, 0.4) is 0 Å². The van der Waals surface area contributed by atoms with Crippen LogP contribution in [0, 0.1) is 6.92 Å². The maximum absolute atomic E-state index is 5.30. The van der Waals surface area contributed by atoms with Crippen molar-refractivity contribution in [2.45, 2.75) is 25.8 Å². The van der Waals surface area contributed by atoms with E-state index >= 15 is 0 Å². The number of rotatable bonds is 2. The number of aryl methyl sites for hydroxylation is 1. The fourth-order valence-electron chi connectivity index (χ4n) is 1.63. The first-order valence-electron chi connectivity index (χ1n) is 4.96. The standard InChI is InChI=1S/C11H12N2O/c1-7-3-2-4-9-10(7)14-13-11(9)12-8-5-6-8/h2-4,8H,5-6H2,1H3,(H,12,13). The van der Waals surface area contributed by atoms with E-state index in [2.05, 4.69) is 10.5 Å². The molecule has 1 aliphatic carbocycles. The van der Waals surface area contributed by atoms with Gasteiger partial charge in [-0.15, -0.1) is 0 Å². The molecule has 72 valence electrons. The Labute approximate surface area is 82.1 Å². The molecule has 1 N–H and O–H groups in total. The summed E-state index contributed by atoms with van der Waals surface area (Å²) in [6, 6.07) is 6.73. The van der Waals surface area contributed by atoms with Crippen LogP contribution in [0.4, 0.5) is 5.82 Å². The summed E-state index contributed by atoms with van der Waals surface area (Å²) in [5, 5.41) is 8.51. The number of hydrogen-bond acceptors (Lipinski definition) is 3. The van der Waals surface area contributed by atoms with Crippen molar-refractivity contribution in [1.82, 2.24) is 5.16 Å². The van der Waals surface area contributed by atoms with Crippen molar-refractivity contribution in [1.29, 1.82) is 0 Å². The first-order valence-corrected chi connectivity index (χ1v) is 4.96. The van der Waals surface area contributed by atoms with Crippen LogP contribution < -0.4 is 5.32 Å². The quantitative estimate of drug-likeness (QED) is 0.787. The molecular formula is C11H12N2O. The highest BCUT2D eigenvalue weighted by atomic mass is 16.5. The van der Waals surface area contributed by atoms with E-state index < -0.39 is 0 Å². The Balaban J connectivity index is 2.10. The second-order valence-corrected chi connectivity index (χ2v) is 3.90. The Morgan fingerprint density at radius 1 is 1.43 bits per heavy atom. The van der Waals surface area contributed by atoms with Gasteiger partial charge in [-0.25, -0.2) is 0 Å². The van der Waals surface area contributed by atoms with Gasteiger partial charge in [0.05, 0.1) is 5.39 Å². The lowest BCUT2D eigenvalue weighted by Gasteiger charge is -1.97. The van der Waals surface area contributed by atoms with Crippen molar-refractivity contribution in [2.75, 3.05) is 5.32 Å². The van der Waals surface area contributed by atoms with Gasteiger partial charge in [-0.3, -0.25) is 0 Å². The van der Waals surface area contributed by atoms with Crippen LogP contribution in [-0.2, 0) is 0 Å². The van der Waals surface area contributed by atoms with Crippen molar-refractivity contribution in [3.63, 3.8) is 0 Å². The molecule has 0 atom stereocenters. The second kappa shape index (κ2) is 2.74. The number of anilines is 1. The monoisotopic (exact) mass is 188 g/mol. The highest BCUT2D eigenvalue weighted by molar-refractivity contribution is 5.90. The average molecular weight is 188 g/mol. The third kappa shape index (κ3) is 1.16. The summed E-state index contributed by atoms with van der Waals surface area (Å²) in [5.41, 5.74) is 2.04. The molecule has 0 aliphatic heterocycles. The van der Waals surface area contributed by atoms with Gasteiger partial charge in [0.25, 0.3) is 0 Å². The number of para-hydroxylation sites is 1. The van der Waals surface area contributed by atoms with E-state index in [1.54, 1.807) is 0 Å². The summed E-state index contributed by atoms with van der Waals surface area (Å²) in [6.45, 7) is 2.04. The van der Waals surface area contributed by atoms with Gasteiger partial charge in [-0.05, 0) is 31.4 Å². The molecule has 1 aromatic carbocycles. The number of nitrogens with one attached hydrogen (secondary N) is 1. The van der Waals surface area contributed by atoms with Gasteiger partial charge < -0.3 is 9.84 Å². The van der Waals surface area contributed by atoms with E-state index in [9.17, 15) is 0 Å². The van der Waals surface area contributed by atoms with Gasteiger partial charge in [0, 0.05) is 6.04 Å². The third-order valence-electron chi connectivity index (χ3n) is 2.61. The van der Waals surface area contributed by atoms with Crippen molar-refractivity contribution >= 4 is 16.8 Å². The van der Waals surface area contributed by atoms with Crippen LogP contribution in [0.2, 0.25) is 0 Å². The summed E-state index contributed by atoms with van der Waals surface area (Å²) in [7, 11) is 0. The topological polar surface area (TPSA) is 38.1 Å². The summed E-state index contributed by atoms with van der Waals surface area (Å²) < 4.78 is 5.30. The lowest BCUT2D eigenvalue weighted by atomic mass is 10.2. The van der Waals surface area contributed by atoms with Crippen molar-refractivity contribution in [3.8, 4) is 0 Å². The van der Waals surface area contributed by atoms with E-state index in [0.29, 0.717) is 6.04 Å². The largest absolute Gasteiger partial charge is 0.364 e. The number of fused-ring (bicyclic) bond motifs is 1. The van der Waals surface area contributed by atoms with E-state index in [4.69, 9.17) is 4.52 Å². The van der Waals surface area contributed by atoms with Gasteiger partial charge in [0.15, 0.2) is 11.4 Å². The first-order chi connectivity index (χ1) is 6.84. The second-order valence-electron chi connectivity index (χ2n) is 3.90. The zero-order chi connectivity index (χ0) is 9.54. The molecular weight excluding hydrogens is 176 g/mol. The van der Waals surface area contributed by atoms with Gasteiger partial charge >= 0.3 is 0 Å². The zero-order valence-electron chi connectivity index (χ0n) is 8.08. The SMILES string of the molecule is Cc1cccc2c(NC3CC3)noc12. The molecule has 0 spiro atoms. The minimum absolute atomic E-state index is 0.615. The van der Waals surface area contributed by atoms with E-state index in [1.807, 2.05) is 25.1 Å². The highest BCUT2D eigenvalue weighted by Gasteiger charge is 2.23. The Kier molecular flexibility index (Phi) is 1.54. The van der Waals surface area contributed by atoms with Gasteiger partial charge in [-0.1, -0.05) is 17.3 Å². The maximum Gasteiger partial charge on any atom is 0.177 e. The third-order valence-corrected chi connectivity index (χ3v) is 2.61. The van der Waals surface area contributed by atoms with Crippen LogP contribution in [0.15, 0.2) is 22.7 Å². The summed E-state index contributed by atoms with van der Waals surface area (Å²) in [4.78, 5) is 0. The Morgan fingerprint density at radius 3 is 3.07 bits per heavy atom. The van der Waals surface area contributed by atoms with Crippen molar-refractivity contribution < 1.29 is 4.52 Å². The molecule has 1 saturated carbocycles. The van der Waals surface area contributed by atoms with Gasteiger partial charge in [0.1, 0.15) is 0 Å². The normalized spacial score (nSPS) is 16.1. The summed E-state index contributed by atoms with van der Waals surface area (Å²) >= 11 is 0. The molecule has 3 rings (SSSR count). The average Bonchev–Trinajstić information content (AvgIpc) is 2.88. The number of hydrogen-bond donors (Lipinski definition) is 1. The van der Waals surface area contributed by atoms with E-state index in [0.717, 1.165) is 22.4 Å². The minimum atomic E-state index is 0.615. The van der Waals surface area contributed by atoms with Gasteiger partial charge in [0.2, 0.25) is 0 Å². The van der Waals surface area contributed by atoms with Crippen LogP contribution in [0.1, 0.15) is 18.4 Å². The molecule has 2 aromatic rings. The molecule has 3 nitrogen and oxygen atoms in total. The summed E-state index contributed by atoms with van der Waals surface area (Å²) in [5.74, 6) is 0.895. The molecule has 0 amide bonds. The molecule has 0 unspecified atom stereocenters. The van der Waals surface area contributed by atoms with Gasteiger partial charge in [-0.2, -0.15) is 0 Å². The van der Waals surface area contributed by atoms with Crippen molar-refractivity contribution in [2.24, 2.45) is 0 Å². The summed E-state index contributed by atoms with van der Waals surface area (Å²) in [6.07, 6.45) is 2.50. The molecule has 0 radical (unpaired) electrons. The first kappa shape index (κ1) is 7.85. The Hall–Kier alpha value is -1.51. The number of nitrogens with zero attached hydrogens (tertiary/aromatic N) is 1. The number of benzene rings is 1. The smallest absolute Gasteiger partial charge is 0.177 e. The maximum atomic E-state index is 5.30. The molecule has 1 aromatic heterocycles. The van der Waals surface area contributed by atoms with Crippen LogP contribution >= 0.6 is 0 Å². The molecule has 1 aliphatic rings. The molecule has 0 bridgehead atoms. The van der Waals surface area contributed by atoms with Crippen LogP contribution in [0.25, 0.3) is 11.0 Å². The Bertz CT molecular complexity index is 471. The number of aromatic nitrogens is 1. The highest BCUT2D eigenvalue weighted by Crippen LogP contribution is 2.30. The molecule has 3 heteroatoms. The van der Waals surface area contributed by atoms with Crippen LogP contribution in [-0.4, -0.2) is 11.2 Å². The Morgan fingerprint density at radius 2 is 2.29 bits per heavy atom. The predicted molar refractivity (Wildman–Crippen MR) is 55.4 cm³/mol. The zero-order valence-corrected chi connectivity index (χ0v) is 8.08. The van der Waals surface area contributed by atoms with E-state index in [-0.39, 0.29) is 0 Å². The lowest BCUT2D eigenvalue weighted by molar-refractivity contribution is 0.458. The molecule has 1 heterocycles. The lowest BCUT2D eigenvalue weighted by Crippen LogP contribution is -2.00. The molecule has 14 heavy (non-hydrogen) atoms. The molecule has 1 fully saturated rings. The van der Waals surface area contributed by atoms with Crippen molar-refractivity contribution in [3.05, 3.63) is 23.8 Å². The minimum Gasteiger partial charge on any atom is -0.364 e. The van der Waals surface area contributed by atoms with Crippen LogP contribution in [0.5, 0.6) is 0 Å². The van der Waals surface area contributed by atoms with E-state index in [1.165, 1.54) is 12.8 Å². The fourth-order valence-corrected chi connectivity index (χ4v) is 1.63.